The maximum atomic E-state index is 14.5. The highest BCUT2D eigenvalue weighted by Crippen LogP contribution is 2.46. The van der Waals surface area contributed by atoms with Gasteiger partial charge >= 0.3 is 6.03 Å². The molecule has 3 aliphatic rings. The zero-order chi connectivity index (χ0) is 43.7. The van der Waals surface area contributed by atoms with E-state index < -0.39 is 17.8 Å². The summed E-state index contributed by atoms with van der Waals surface area (Å²) >= 11 is 0. The molecule has 63 heavy (non-hydrogen) atoms. The lowest BCUT2D eigenvalue weighted by atomic mass is 9.82. The number of hydrogen-bond donors (Lipinski definition) is 2. The number of ketones is 2. The Morgan fingerprint density at radius 2 is 0.905 bits per heavy atom. The Bertz CT molecular complexity index is 3040. The zero-order valence-electron chi connectivity index (χ0n) is 35.1. The van der Waals surface area contributed by atoms with Gasteiger partial charge < -0.3 is 5.32 Å². The molecule has 0 fully saturated rings. The van der Waals surface area contributed by atoms with Gasteiger partial charge in [0.2, 0.25) is 0 Å². The van der Waals surface area contributed by atoms with Crippen molar-refractivity contribution in [1.82, 2.24) is 15.3 Å². The first-order valence-corrected chi connectivity index (χ1v) is 22.0. The Hall–Kier alpha value is -7.27. The lowest BCUT2D eigenvalue weighted by molar-refractivity contribution is 0.0511. The van der Waals surface area contributed by atoms with Gasteiger partial charge in [-0.15, -0.1) is 0 Å². The van der Waals surface area contributed by atoms with Gasteiger partial charge in [0.05, 0.1) is 11.1 Å². The van der Waals surface area contributed by atoms with Crippen LogP contribution in [0.1, 0.15) is 151 Å². The summed E-state index contributed by atoms with van der Waals surface area (Å²) in [5, 5.41) is 8.92. The van der Waals surface area contributed by atoms with Gasteiger partial charge in [-0.2, -0.15) is 5.01 Å². The molecule has 2 aliphatic heterocycles. The second kappa shape index (κ2) is 15.6. The van der Waals surface area contributed by atoms with Crippen molar-refractivity contribution in [1.29, 1.82) is 0 Å². The number of imide groups is 2. The third-order valence-corrected chi connectivity index (χ3v) is 13.2. The number of nitrogens with one attached hydrogen (secondary N) is 2. The minimum Gasteiger partial charge on any atom is -0.307 e. The highest BCUT2D eigenvalue weighted by atomic mass is 16.2. The summed E-state index contributed by atoms with van der Waals surface area (Å²) in [7, 11) is 0. The Morgan fingerprint density at radius 1 is 0.476 bits per heavy atom. The highest BCUT2D eigenvalue weighted by Gasteiger charge is 2.40. The van der Waals surface area contributed by atoms with Crippen LogP contribution in [0.25, 0.3) is 43.1 Å². The molecule has 0 aromatic heterocycles. The first kappa shape index (κ1) is 39.8. The van der Waals surface area contributed by atoms with Gasteiger partial charge in [0.25, 0.3) is 23.6 Å². The van der Waals surface area contributed by atoms with E-state index in [9.17, 15) is 33.6 Å². The van der Waals surface area contributed by atoms with Crippen LogP contribution in [0.3, 0.4) is 0 Å². The van der Waals surface area contributed by atoms with Gasteiger partial charge in [-0.1, -0.05) is 114 Å². The molecule has 0 bridgehead atoms. The summed E-state index contributed by atoms with van der Waals surface area (Å²) in [5.74, 6) is -2.66. The van der Waals surface area contributed by atoms with Gasteiger partial charge in [0.15, 0.2) is 11.6 Å². The molecule has 0 radical (unpaired) electrons. The standard InChI is InChI=1S/C52H44N4O7/c1-3-5-7-9-13-29(14-10-8-6-4-2)55-48(59)37-23-19-30-32-21-25-39-45-40(26-22-33(43(32)45)31-20-24-38(49(55)60)44(37)42(30)31)51(62)56(50(39)61)54-52(63)53-28-17-18-36-41(27-28)47(58)35-16-12-11-15-34(35)46(36)57/h11-12,15-27,29H,3-10,13-14H2,1-2H3,(H2,53,54,63). The third-order valence-electron chi connectivity index (χ3n) is 13.2. The van der Waals surface area contributed by atoms with Crippen LogP contribution < -0.4 is 10.7 Å². The van der Waals surface area contributed by atoms with Crippen LogP contribution in [0.5, 0.6) is 0 Å². The first-order chi connectivity index (χ1) is 30.6. The largest absolute Gasteiger partial charge is 0.338 e. The normalized spacial score (nSPS) is 14.5. The van der Waals surface area contributed by atoms with E-state index in [1.807, 2.05) is 36.4 Å². The molecule has 7 aromatic rings. The Labute approximate surface area is 362 Å². The van der Waals surface area contributed by atoms with E-state index in [4.69, 9.17) is 0 Å². The molecule has 2 heterocycles. The predicted molar refractivity (Wildman–Crippen MR) is 242 cm³/mol. The SMILES string of the molecule is CCCCCCC(CCCCCC)N1C(=O)c2ccc3c4ccc5c6c(ccc(c7ccc(c2c37)C1=O)c64)C(=O)N(NC(=O)Nc1ccc2c(c1)C(=O)c1ccccc1C2=O)C5=O. The lowest BCUT2D eigenvalue weighted by Crippen LogP contribution is -2.52. The van der Waals surface area contributed by atoms with Crippen LogP contribution in [0.4, 0.5) is 10.5 Å². The molecule has 7 aromatic carbocycles. The molecular weight excluding hydrogens is 793 g/mol. The van der Waals surface area contributed by atoms with E-state index in [1.165, 1.54) is 23.1 Å². The van der Waals surface area contributed by atoms with Crippen LogP contribution in [0.2, 0.25) is 0 Å². The maximum absolute atomic E-state index is 14.5. The van der Waals surface area contributed by atoms with Crippen molar-refractivity contribution < 1.29 is 33.6 Å². The number of rotatable bonds is 13. The number of fused-ring (bicyclic) bond motifs is 4. The number of carbonyl (C=O) groups is 7. The van der Waals surface area contributed by atoms with Crippen LogP contribution in [-0.2, 0) is 0 Å². The molecule has 2 N–H and O–H groups in total. The summed E-state index contributed by atoms with van der Waals surface area (Å²) in [6.07, 6.45) is 10.0. The highest BCUT2D eigenvalue weighted by molar-refractivity contribution is 6.41. The third kappa shape index (κ3) is 6.19. The molecule has 0 saturated carbocycles. The molecular formula is C52H44N4O7. The number of hydrogen-bond acceptors (Lipinski definition) is 7. The van der Waals surface area contributed by atoms with Crippen molar-refractivity contribution >= 4 is 90.0 Å². The smallest absolute Gasteiger partial charge is 0.307 e. The van der Waals surface area contributed by atoms with E-state index in [0.29, 0.717) is 37.9 Å². The molecule has 11 heteroatoms. The Morgan fingerprint density at radius 3 is 1.38 bits per heavy atom. The van der Waals surface area contributed by atoms with Gasteiger partial charge in [0.1, 0.15) is 0 Å². The van der Waals surface area contributed by atoms with E-state index >= 15 is 0 Å². The molecule has 0 unspecified atom stereocenters. The minimum atomic E-state index is -0.906. The fraction of sp³-hybridized carbons (Fsp3) is 0.250. The summed E-state index contributed by atoms with van der Waals surface area (Å²) in [6, 6.07) is 24.2. The summed E-state index contributed by atoms with van der Waals surface area (Å²) in [5.41, 5.74) is 4.92. The first-order valence-electron chi connectivity index (χ1n) is 22.0. The number of hydrazine groups is 1. The van der Waals surface area contributed by atoms with Gasteiger partial charge in [0, 0.05) is 55.9 Å². The van der Waals surface area contributed by atoms with Crippen LogP contribution >= 0.6 is 0 Å². The number of nitrogens with zero attached hydrogens (tertiary/aromatic N) is 2. The molecule has 10 rings (SSSR count). The van der Waals surface area contributed by atoms with E-state index in [-0.39, 0.29) is 62.9 Å². The monoisotopic (exact) mass is 836 g/mol. The summed E-state index contributed by atoms with van der Waals surface area (Å²) in [6.45, 7) is 4.34. The van der Waals surface area contributed by atoms with Crippen molar-refractivity contribution in [3.8, 4) is 0 Å². The van der Waals surface area contributed by atoms with Crippen molar-refractivity contribution in [3.63, 3.8) is 0 Å². The quantitative estimate of drug-likeness (QED) is 0.0508. The van der Waals surface area contributed by atoms with E-state index in [2.05, 4.69) is 24.6 Å². The van der Waals surface area contributed by atoms with Crippen molar-refractivity contribution in [2.75, 3.05) is 5.32 Å². The number of benzene rings is 7. The average molecular weight is 837 g/mol. The van der Waals surface area contributed by atoms with Crippen molar-refractivity contribution in [2.24, 2.45) is 0 Å². The number of anilines is 1. The van der Waals surface area contributed by atoms with E-state index in [1.54, 1.807) is 36.4 Å². The Balaban J connectivity index is 0.969. The predicted octanol–water partition coefficient (Wildman–Crippen LogP) is 10.8. The van der Waals surface area contributed by atoms with Gasteiger partial charge in [-0.3, -0.25) is 33.7 Å². The maximum Gasteiger partial charge on any atom is 0.338 e. The molecule has 0 atom stereocenters. The fourth-order valence-electron chi connectivity index (χ4n) is 10.2. The zero-order valence-corrected chi connectivity index (χ0v) is 35.1. The minimum absolute atomic E-state index is 0.132. The number of urea groups is 1. The molecule has 314 valence electrons. The lowest BCUT2D eigenvalue weighted by Gasteiger charge is -2.35. The summed E-state index contributed by atoms with van der Waals surface area (Å²) in [4.78, 5) is 98.6. The van der Waals surface area contributed by atoms with Crippen LogP contribution in [0.15, 0.2) is 91.0 Å². The second-order valence-electron chi connectivity index (χ2n) is 17.0. The molecule has 6 amide bonds. The molecule has 11 nitrogen and oxygen atoms in total. The van der Waals surface area contributed by atoms with Crippen LogP contribution in [0, 0.1) is 0 Å². The fourth-order valence-corrected chi connectivity index (χ4v) is 10.2. The summed E-state index contributed by atoms with van der Waals surface area (Å²) < 4.78 is 0. The topological polar surface area (TPSA) is 150 Å². The average Bonchev–Trinajstić information content (AvgIpc) is 3.30. The molecule has 0 spiro atoms. The Kier molecular flexibility index (Phi) is 9.85. The van der Waals surface area contributed by atoms with Crippen LogP contribution in [-0.4, -0.2) is 57.2 Å². The second-order valence-corrected chi connectivity index (χ2v) is 17.0. The molecule has 1 aliphatic carbocycles. The van der Waals surface area contributed by atoms with E-state index in [0.717, 1.165) is 91.1 Å². The molecule has 0 saturated heterocycles. The number of unbranched alkanes of at least 4 members (excludes halogenated alkanes) is 6. The van der Waals surface area contributed by atoms with Gasteiger partial charge in [-0.05, 0) is 87.6 Å². The number of carbonyl (C=O) groups excluding carboxylic acids is 7. The van der Waals surface area contributed by atoms with Crippen molar-refractivity contribution in [3.05, 3.63) is 136 Å². The van der Waals surface area contributed by atoms with Crippen molar-refractivity contribution in [2.45, 2.75) is 84.1 Å². The number of amides is 6. The van der Waals surface area contributed by atoms with Gasteiger partial charge in [-0.25, -0.2) is 10.2 Å².